The van der Waals surface area contributed by atoms with Crippen LogP contribution in [0, 0.1) is 17.8 Å². The molecule has 0 radical (unpaired) electrons. The second kappa shape index (κ2) is 13.6. The number of β-amino-alcohol motifs (C(OH)–C–C–N with tert-alkyl or cyclic N) is 1. The largest absolute Gasteiger partial charge is 0.445 e. The van der Waals surface area contributed by atoms with Crippen molar-refractivity contribution in [2.24, 2.45) is 17.8 Å². The van der Waals surface area contributed by atoms with Crippen LogP contribution in [0.2, 0.25) is 0 Å². The van der Waals surface area contributed by atoms with E-state index in [-0.39, 0.29) is 42.1 Å². The summed E-state index contributed by atoms with van der Waals surface area (Å²) in [7, 11) is -3.33. The molecule has 236 valence electrons. The SMILES string of the molecule is CC(C)[C@H]1[C@@H](OC(=O)N[C@@H](Cc2ccccc2)[C@H](O)CN2C[C@H]3CCCC[C@H]3C[C@H]2C(=O)NC(C)(C)C)CCS1(=O)=O. The number of aliphatic hydroxyl groups excluding tert-OH is 1. The van der Waals surface area contributed by atoms with Crippen LogP contribution in [0.25, 0.3) is 0 Å². The van der Waals surface area contributed by atoms with Crippen LogP contribution in [-0.2, 0) is 25.8 Å². The van der Waals surface area contributed by atoms with Crippen molar-refractivity contribution in [1.29, 1.82) is 0 Å². The molecule has 4 rings (SSSR count). The Morgan fingerprint density at radius 2 is 1.74 bits per heavy atom. The van der Waals surface area contributed by atoms with Crippen molar-refractivity contribution in [3.05, 3.63) is 35.9 Å². The van der Waals surface area contributed by atoms with Gasteiger partial charge in [-0.15, -0.1) is 0 Å². The fourth-order valence-electron chi connectivity index (χ4n) is 7.25. The molecule has 7 atom stereocenters. The van der Waals surface area contributed by atoms with Crippen LogP contribution in [0.3, 0.4) is 0 Å². The lowest BCUT2D eigenvalue weighted by Crippen LogP contribution is -2.60. The first-order valence-corrected chi connectivity index (χ1v) is 17.4. The monoisotopic (exact) mass is 605 g/mol. The van der Waals surface area contributed by atoms with Gasteiger partial charge < -0.3 is 20.5 Å². The third-order valence-corrected chi connectivity index (χ3v) is 11.7. The number of ether oxygens (including phenoxy) is 1. The molecule has 42 heavy (non-hydrogen) atoms. The van der Waals surface area contributed by atoms with Crippen LogP contribution in [0.1, 0.15) is 78.7 Å². The first kappa shape index (κ1) is 32.7. The van der Waals surface area contributed by atoms with E-state index in [0.717, 1.165) is 31.4 Å². The lowest BCUT2D eigenvalue weighted by Gasteiger charge is -2.47. The molecular formula is C32H51N3O6S. The number of hydrogen-bond donors (Lipinski definition) is 3. The van der Waals surface area contributed by atoms with Gasteiger partial charge in [0.2, 0.25) is 5.91 Å². The lowest BCUT2D eigenvalue weighted by atomic mass is 9.72. The van der Waals surface area contributed by atoms with Gasteiger partial charge in [0.05, 0.1) is 23.9 Å². The molecule has 1 aliphatic carbocycles. The number of fused-ring (bicyclic) bond motifs is 1. The Bertz CT molecular complexity index is 1170. The molecule has 2 aliphatic heterocycles. The van der Waals surface area contributed by atoms with Crippen molar-refractivity contribution in [2.75, 3.05) is 18.8 Å². The fraction of sp³-hybridized carbons (Fsp3) is 0.750. The molecule has 0 spiro atoms. The van der Waals surface area contributed by atoms with Crippen molar-refractivity contribution in [2.45, 2.75) is 115 Å². The third-order valence-electron chi connectivity index (χ3n) is 9.17. The highest BCUT2D eigenvalue weighted by Crippen LogP contribution is 2.39. The molecule has 0 aromatic heterocycles. The van der Waals surface area contributed by atoms with Crippen LogP contribution >= 0.6 is 0 Å². The number of benzene rings is 1. The van der Waals surface area contributed by atoms with Crippen LogP contribution in [0.5, 0.6) is 0 Å². The molecule has 0 bridgehead atoms. The highest BCUT2D eigenvalue weighted by atomic mass is 32.2. The van der Waals surface area contributed by atoms with Gasteiger partial charge in [0, 0.05) is 18.6 Å². The normalized spacial score (nSPS) is 29.4. The molecule has 3 fully saturated rings. The predicted molar refractivity (Wildman–Crippen MR) is 164 cm³/mol. The van der Waals surface area contributed by atoms with Crippen LogP contribution in [0.4, 0.5) is 4.79 Å². The molecular weight excluding hydrogens is 554 g/mol. The Morgan fingerprint density at radius 3 is 2.38 bits per heavy atom. The number of rotatable bonds is 9. The Labute approximate surface area is 252 Å². The van der Waals surface area contributed by atoms with E-state index in [2.05, 4.69) is 15.5 Å². The Balaban J connectivity index is 1.50. The van der Waals surface area contributed by atoms with Gasteiger partial charge in [-0.05, 0) is 69.8 Å². The van der Waals surface area contributed by atoms with Crippen molar-refractivity contribution in [3.63, 3.8) is 0 Å². The zero-order valence-electron chi connectivity index (χ0n) is 25.9. The van der Waals surface area contributed by atoms with Gasteiger partial charge in [0.15, 0.2) is 9.84 Å². The average molecular weight is 606 g/mol. The second-order valence-electron chi connectivity index (χ2n) is 14.1. The summed E-state index contributed by atoms with van der Waals surface area (Å²) in [6.45, 7) is 10.5. The van der Waals surface area contributed by atoms with Gasteiger partial charge in [-0.2, -0.15) is 0 Å². The summed E-state index contributed by atoms with van der Waals surface area (Å²) in [6.07, 6.45) is 3.63. The zero-order valence-corrected chi connectivity index (χ0v) is 26.7. The number of nitrogens with zero attached hydrogens (tertiary/aromatic N) is 1. The highest BCUT2D eigenvalue weighted by molar-refractivity contribution is 7.92. The van der Waals surface area contributed by atoms with Crippen LogP contribution < -0.4 is 10.6 Å². The summed E-state index contributed by atoms with van der Waals surface area (Å²) in [6, 6.07) is 8.58. The summed E-state index contributed by atoms with van der Waals surface area (Å²) < 4.78 is 30.8. The van der Waals surface area contributed by atoms with Gasteiger partial charge in [-0.3, -0.25) is 9.69 Å². The van der Waals surface area contributed by atoms with E-state index >= 15 is 0 Å². The van der Waals surface area contributed by atoms with Crippen molar-refractivity contribution < 1.29 is 27.9 Å². The highest BCUT2D eigenvalue weighted by Gasteiger charge is 2.45. The minimum absolute atomic E-state index is 0.000991. The second-order valence-corrected chi connectivity index (χ2v) is 16.3. The minimum Gasteiger partial charge on any atom is -0.445 e. The molecule has 9 nitrogen and oxygen atoms in total. The van der Waals surface area contributed by atoms with Crippen LogP contribution in [0.15, 0.2) is 30.3 Å². The summed E-state index contributed by atoms with van der Waals surface area (Å²) in [5.41, 5.74) is 0.575. The quantitative estimate of drug-likeness (QED) is 0.392. The topological polar surface area (TPSA) is 125 Å². The number of piperidine rings is 1. The van der Waals surface area contributed by atoms with E-state index < -0.39 is 39.4 Å². The van der Waals surface area contributed by atoms with E-state index in [9.17, 15) is 23.1 Å². The average Bonchev–Trinajstić information content (AvgIpc) is 3.20. The Kier molecular flexibility index (Phi) is 10.6. The van der Waals surface area contributed by atoms with Gasteiger partial charge in [-0.1, -0.05) is 63.4 Å². The number of amides is 2. The minimum atomic E-state index is -3.33. The maximum absolute atomic E-state index is 13.5. The Hall–Kier alpha value is -2.17. The van der Waals surface area contributed by atoms with E-state index in [4.69, 9.17) is 4.74 Å². The molecule has 3 N–H and O–H groups in total. The number of carbonyl (C=O) groups is 2. The molecule has 2 heterocycles. The molecule has 2 saturated heterocycles. The molecule has 2 amide bonds. The first-order chi connectivity index (χ1) is 19.7. The number of hydrogen-bond acceptors (Lipinski definition) is 7. The van der Waals surface area contributed by atoms with E-state index in [0.29, 0.717) is 18.3 Å². The standard InChI is InChI=1S/C32H51N3O6S/c1-21(2)29-28(15-16-42(29,39)40)41-31(38)33-25(17-22-11-7-6-8-12-22)27(36)20-35-19-24-14-10-9-13-23(24)18-26(35)30(37)34-32(3,4)5/h6-8,11-12,21,23-29,36H,9-10,13-20H2,1-5H3,(H,33,38)(H,34,37)/t23-,24+,25-,26-,27+,28-,29-/m0/s1. The molecule has 0 unspecified atom stereocenters. The van der Waals surface area contributed by atoms with Gasteiger partial charge >= 0.3 is 6.09 Å². The molecule has 1 saturated carbocycles. The number of sulfone groups is 1. The summed E-state index contributed by atoms with van der Waals surface area (Å²) in [4.78, 5) is 28.8. The van der Waals surface area contributed by atoms with E-state index in [1.807, 2.05) is 65.0 Å². The fourth-order valence-corrected chi connectivity index (χ4v) is 9.57. The van der Waals surface area contributed by atoms with Gasteiger partial charge in [0.1, 0.15) is 11.4 Å². The van der Waals surface area contributed by atoms with E-state index in [1.165, 1.54) is 12.8 Å². The van der Waals surface area contributed by atoms with Gasteiger partial charge in [-0.25, -0.2) is 13.2 Å². The van der Waals surface area contributed by atoms with Crippen molar-refractivity contribution in [1.82, 2.24) is 15.5 Å². The Morgan fingerprint density at radius 1 is 1.07 bits per heavy atom. The number of carbonyl (C=O) groups excluding carboxylic acids is 2. The summed E-state index contributed by atoms with van der Waals surface area (Å²) >= 11 is 0. The van der Waals surface area contributed by atoms with Crippen molar-refractivity contribution >= 4 is 21.8 Å². The number of likely N-dealkylation sites (tertiary alicyclic amines) is 1. The number of alkyl carbamates (subject to hydrolysis) is 1. The third kappa shape index (κ3) is 8.47. The first-order valence-electron chi connectivity index (χ1n) is 15.7. The predicted octanol–water partition coefficient (Wildman–Crippen LogP) is 3.69. The van der Waals surface area contributed by atoms with Crippen molar-refractivity contribution in [3.8, 4) is 0 Å². The number of nitrogens with one attached hydrogen (secondary N) is 2. The van der Waals surface area contributed by atoms with Gasteiger partial charge in [0.25, 0.3) is 0 Å². The smallest absolute Gasteiger partial charge is 0.407 e. The molecule has 10 heteroatoms. The summed E-state index contributed by atoms with van der Waals surface area (Å²) in [5.74, 6) is 0.798. The van der Waals surface area contributed by atoms with E-state index in [1.54, 1.807) is 0 Å². The maximum atomic E-state index is 13.5. The molecule has 1 aromatic rings. The maximum Gasteiger partial charge on any atom is 0.407 e. The molecule has 3 aliphatic rings. The summed E-state index contributed by atoms with van der Waals surface area (Å²) in [5, 5.41) is 16.9. The van der Waals surface area contributed by atoms with Crippen LogP contribution in [-0.4, -0.2) is 84.3 Å². The number of aliphatic hydroxyl groups is 1. The molecule has 1 aromatic carbocycles. The lowest BCUT2D eigenvalue weighted by molar-refractivity contribution is -0.132. The zero-order chi connectivity index (χ0) is 30.7.